The Kier molecular flexibility index (Phi) is 2.92. The maximum absolute atomic E-state index is 4.37. The molecule has 0 radical (unpaired) electrons. The molecule has 2 aromatic heterocycles. The van der Waals surface area contributed by atoms with E-state index in [1.54, 1.807) is 12.5 Å². The summed E-state index contributed by atoms with van der Waals surface area (Å²) in [5, 5.41) is 3.47. The van der Waals surface area contributed by atoms with Crippen LogP contribution in [0, 0.1) is 0 Å². The number of hydrogen-bond acceptors (Lipinski definition) is 4. The highest BCUT2D eigenvalue weighted by molar-refractivity contribution is 5.49. The van der Waals surface area contributed by atoms with Crippen molar-refractivity contribution in [1.82, 2.24) is 15.0 Å². The van der Waals surface area contributed by atoms with Crippen LogP contribution in [0.2, 0.25) is 0 Å². The third-order valence-electron chi connectivity index (χ3n) is 3.41. The maximum atomic E-state index is 4.37. The number of nitrogens with one attached hydrogen (secondary N) is 1. The highest BCUT2D eigenvalue weighted by Gasteiger charge is 2.18. The van der Waals surface area contributed by atoms with Gasteiger partial charge in [-0.3, -0.25) is 4.98 Å². The van der Waals surface area contributed by atoms with Crippen LogP contribution in [0.5, 0.6) is 0 Å². The number of pyridine rings is 1. The fraction of sp³-hybridized carbons (Fsp3) is 0.357. The van der Waals surface area contributed by atoms with Gasteiger partial charge in [0.15, 0.2) is 0 Å². The molecule has 0 aliphatic heterocycles. The Balaban J connectivity index is 1.83. The van der Waals surface area contributed by atoms with Crippen molar-refractivity contribution < 1.29 is 0 Å². The van der Waals surface area contributed by atoms with Crippen LogP contribution in [0.1, 0.15) is 36.2 Å². The van der Waals surface area contributed by atoms with Gasteiger partial charge in [-0.15, -0.1) is 0 Å². The molecule has 1 N–H and O–H groups in total. The second kappa shape index (κ2) is 4.72. The van der Waals surface area contributed by atoms with E-state index in [-0.39, 0.29) is 6.04 Å². The quantitative estimate of drug-likeness (QED) is 0.895. The van der Waals surface area contributed by atoms with Crippen molar-refractivity contribution in [3.8, 4) is 0 Å². The molecule has 0 saturated carbocycles. The standard InChI is InChI=1S/C14H16N4/c1-10(11-4-3-7-15-8-11)18-14-12-5-2-6-13(12)16-9-17-14/h3-4,7-10H,2,5-6H2,1H3,(H,16,17,18). The number of nitrogens with zero attached hydrogens (tertiary/aromatic N) is 3. The van der Waals surface area contributed by atoms with E-state index in [0.717, 1.165) is 18.7 Å². The molecule has 0 aromatic carbocycles. The van der Waals surface area contributed by atoms with Gasteiger partial charge in [0.25, 0.3) is 0 Å². The molecule has 1 aliphatic rings. The lowest BCUT2D eigenvalue weighted by atomic mass is 10.1. The molecular formula is C14H16N4. The summed E-state index contributed by atoms with van der Waals surface area (Å²) in [6.07, 6.45) is 8.68. The molecule has 92 valence electrons. The average Bonchev–Trinajstić information content (AvgIpc) is 2.89. The summed E-state index contributed by atoms with van der Waals surface area (Å²) >= 11 is 0. The van der Waals surface area contributed by atoms with Crippen LogP contribution in [0.15, 0.2) is 30.9 Å². The number of hydrogen-bond donors (Lipinski definition) is 1. The average molecular weight is 240 g/mol. The van der Waals surface area contributed by atoms with Gasteiger partial charge in [-0.1, -0.05) is 6.07 Å². The van der Waals surface area contributed by atoms with Crippen molar-refractivity contribution >= 4 is 5.82 Å². The van der Waals surface area contributed by atoms with Gasteiger partial charge in [-0.25, -0.2) is 9.97 Å². The molecule has 4 heteroatoms. The van der Waals surface area contributed by atoms with Crippen molar-refractivity contribution in [3.63, 3.8) is 0 Å². The first-order valence-corrected chi connectivity index (χ1v) is 6.34. The van der Waals surface area contributed by atoms with Gasteiger partial charge in [0.05, 0.1) is 6.04 Å². The lowest BCUT2D eigenvalue weighted by Crippen LogP contribution is -2.10. The van der Waals surface area contributed by atoms with Crippen LogP contribution in [0.3, 0.4) is 0 Å². The van der Waals surface area contributed by atoms with Gasteiger partial charge in [0.1, 0.15) is 12.1 Å². The molecule has 4 nitrogen and oxygen atoms in total. The summed E-state index contributed by atoms with van der Waals surface area (Å²) in [7, 11) is 0. The van der Waals surface area contributed by atoms with E-state index in [0.29, 0.717) is 0 Å². The SMILES string of the molecule is CC(Nc1ncnc2c1CCC2)c1cccnc1. The zero-order chi connectivity index (χ0) is 12.4. The number of aromatic nitrogens is 3. The van der Waals surface area contributed by atoms with Crippen LogP contribution < -0.4 is 5.32 Å². The van der Waals surface area contributed by atoms with Gasteiger partial charge >= 0.3 is 0 Å². The van der Waals surface area contributed by atoms with Gasteiger partial charge in [-0.05, 0) is 37.8 Å². The fourth-order valence-corrected chi connectivity index (χ4v) is 2.40. The fourth-order valence-electron chi connectivity index (χ4n) is 2.40. The Labute approximate surface area is 107 Å². The summed E-state index contributed by atoms with van der Waals surface area (Å²) in [4.78, 5) is 12.9. The smallest absolute Gasteiger partial charge is 0.133 e. The lowest BCUT2D eigenvalue weighted by molar-refractivity contribution is 0.856. The minimum Gasteiger partial charge on any atom is -0.363 e. The zero-order valence-corrected chi connectivity index (χ0v) is 10.4. The van der Waals surface area contributed by atoms with Crippen molar-refractivity contribution in [1.29, 1.82) is 0 Å². The lowest BCUT2D eigenvalue weighted by Gasteiger charge is -2.16. The molecule has 0 amide bonds. The van der Waals surface area contributed by atoms with E-state index in [4.69, 9.17) is 0 Å². The van der Waals surface area contributed by atoms with E-state index in [2.05, 4.69) is 33.3 Å². The predicted octanol–water partition coefficient (Wildman–Crippen LogP) is 2.53. The Morgan fingerprint density at radius 2 is 2.22 bits per heavy atom. The molecule has 2 heterocycles. The van der Waals surface area contributed by atoms with Gasteiger partial charge < -0.3 is 5.32 Å². The Hall–Kier alpha value is -1.97. The first kappa shape index (κ1) is 11.1. The Morgan fingerprint density at radius 3 is 3.06 bits per heavy atom. The third-order valence-corrected chi connectivity index (χ3v) is 3.41. The minimum atomic E-state index is 0.207. The molecule has 0 saturated heterocycles. The van der Waals surface area contributed by atoms with Gasteiger partial charge in [-0.2, -0.15) is 0 Å². The van der Waals surface area contributed by atoms with Gasteiger partial charge in [0.2, 0.25) is 0 Å². The van der Waals surface area contributed by atoms with Gasteiger partial charge in [0, 0.05) is 23.7 Å². The van der Waals surface area contributed by atoms with Crippen LogP contribution in [0.25, 0.3) is 0 Å². The molecule has 0 spiro atoms. The first-order valence-electron chi connectivity index (χ1n) is 6.34. The highest BCUT2D eigenvalue weighted by Crippen LogP contribution is 2.27. The summed E-state index contributed by atoms with van der Waals surface area (Å²) in [5.41, 5.74) is 3.65. The molecule has 1 unspecified atom stereocenters. The topological polar surface area (TPSA) is 50.7 Å². The normalized spacial score (nSPS) is 15.2. The molecule has 0 bridgehead atoms. The van der Waals surface area contributed by atoms with Crippen molar-refractivity contribution in [2.75, 3.05) is 5.32 Å². The van der Waals surface area contributed by atoms with Crippen molar-refractivity contribution in [2.24, 2.45) is 0 Å². The maximum Gasteiger partial charge on any atom is 0.133 e. The predicted molar refractivity (Wildman–Crippen MR) is 70.3 cm³/mol. The number of anilines is 1. The van der Waals surface area contributed by atoms with Crippen LogP contribution in [0.4, 0.5) is 5.82 Å². The first-order chi connectivity index (χ1) is 8.84. The number of aryl methyl sites for hydroxylation is 1. The molecule has 1 aliphatic carbocycles. The van der Waals surface area contributed by atoms with E-state index >= 15 is 0 Å². The van der Waals surface area contributed by atoms with Crippen LogP contribution in [-0.4, -0.2) is 15.0 Å². The number of rotatable bonds is 3. The highest BCUT2D eigenvalue weighted by atomic mass is 15.0. The Bertz CT molecular complexity index is 539. The second-order valence-electron chi connectivity index (χ2n) is 4.65. The molecule has 18 heavy (non-hydrogen) atoms. The summed E-state index contributed by atoms with van der Waals surface area (Å²) in [5.74, 6) is 0.980. The summed E-state index contributed by atoms with van der Waals surface area (Å²) in [6.45, 7) is 2.13. The summed E-state index contributed by atoms with van der Waals surface area (Å²) < 4.78 is 0. The minimum absolute atomic E-state index is 0.207. The van der Waals surface area contributed by atoms with E-state index < -0.39 is 0 Å². The van der Waals surface area contributed by atoms with E-state index in [1.807, 2.05) is 12.3 Å². The van der Waals surface area contributed by atoms with Crippen molar-refractivity contribution in [2.45, 2.75) is 32.2 Å². The second-order valence-corrected chi connectivity index (χ2v) is 4.65. The zero-order valence-electron chi connectivity index (χ0n) is 10.4. The van der Waals surface area contributed by atoms with E-state index in [1.165, 1.54) is 23.2 Å². The molecule has 3 rings (SSSR count). The molecule has 2 aromatic rings. The van der Waals surface area contributed by atoms with Crippen LogP contribution >= 0.6 is 0 Å². The van der Waals surface area contributed by atoms with Crippen LogP contribution in [-0.2, 0) is 12.8 Å². The van der Waals surface area contributed by atoms with E-state index in [9.17, 15) is 0 Å². The molecule has 1 atom stereocenters. The number of fused-ring (bicyclic) bond motifs is 1. The monoisotopic (exact) mass is 240 g/mol. The Morgan fingerprint density at radius 1 is 1.28 bits per heavy atom. The largest absolute Gasteiger partial charge is 0.363 e. The van der Waals surface area contributed by atoms with Crippen molar-refractivity contribution in [3.05, 3.63) is 47.7 Å². The molecular weight excluding hydrogens is 224 g/mol. The summed E-state index contributed by atoms with van der Waals surface area (Å²) in [6, 6.07) is 4.24. The third kappa shape index (κ3) is 2.06. The molecule has 0 fully saturated rings.